The van der Waals surface area contributed by atoms with Crippen LogP contribution in [0.1, 0.15) is 16.8 Å². The van der Waals surface area contributed by atoms with Crippen molar-refractivity contribution in [1.29, 1.82) is 0 Å². The molecule has 0 N–H and O–H groups in total. The highest BCUT2D eigenvalue weighted by Gasteiger charge is 2.95. The third-order valence-electron chi connectivity index (χ3n) is 4.57. The largest absolute Gasteiger partial charge is 0.460 e. The Balaban J connectivity index is 3.33. The van der Waals surface area contributed by atoms with Gasteiger partial charge in [-0.05, 0) is 18.2 Å². The number of rotatable bonds is 11. The average molecular weight is 663 g/mol. The lowest BCUT2D eigenvalue weighted by atomic mass is 9.88. The SMILES string of the molecule is O=Cc1ccc(SCCC(F)(F)C(F)(F)C(F)(F)C(F)(F)C(F)(F)C(F)(F)C(F)(F)C(F)(F)F)cc1Br. The van der Waals surface area contributed by atoms with Gasteiger partial charge in [-0.1, -0.05) is 15.9 Å². The smallest absolute Gasteiger partial charge is 0.298 e. The standard InChI is InChI=1S/C17H8BrF17OS/c18-9-5-8(2-1-7(9)6-36)37-4-3-10(19,20)11(21,22)12(23,24)13(25,26)14(27,28)15(29,30)16(31,32)17(33,34)35/h1-2,5-6H,3-4H2. The maximum Gasteiger partial charge on any atom is 0.460 e. The van der Waals surface area contributed by atoms with Gasteiger partial charge in [0.05, 0.1) is 0 Å². The van der Waals surface area contributed by atoms with Gasteiger partial charge in [-0.2, -0.15) is 74.6 Å². The number of halogens is 18. The van der Waals surface area contributed by atoms with Gasteiger partial charge >= 0.3 is 47.6 Å². The fourth-order valence-corrected chi connectivity index (χ4v) is 3.93. The highest BCUT2D eigenvalue weighted by molar-refractivity contribution is 9.10. The zero-order valence-electron chi connectivity index (χ0n) is 16.8. The first kappa shape index (κ1) is 33.6. The fraction of sp³-hybridized carbons (Fsp3) is 0.588. The minimum Gasteiger partial charge on any atom is -0.298 e. The molecule has 0 heterocycles. The van der Waals surface area contributed by atoms with Crippen LogP contribution in [0.15, 0.2) is 27.6 Å². The van der Waals surface area contributed by atoms with Crippen LogP contribution in [0, 0.1) is 0 Å². The summed E-state index contributed by atoms with van der Waals surface area (Å²) in [5.74, 6) is -57.7. The molecule has 1 aromatic carbocycles. The minimum atomic E-state index is -8.64. The second kappa shape index (κ2) is 9.93. The number of benzene rings is 1. The summed E-state index contributed by atoms with van der Waals surface area (Å²) in [6, 6.07) is 3.10. The monoisotopic (exact) mass is 662 g/mol. The molecule has 1 aromatic rings. The van der Waals surface area contributed by atoms with E-state index < -0.39 is 59.8 Å². The second-order valence-corrected chi connectivity index (χ2v) is 9.07. The zero-order valence-corrected chi connectivity index (χ0v) is 19.2. The van der Waals surface area contributed by atoms with E-state index in [-0.39, 0.29) is 26.7 Å². The number of hydrogen-bond acceptors (Lipinski definition) is 2. The van der Waals surface area contributed by atoms with Gasteiger partial charge in [0.15, 0.2) is 6.29 Å². The molecule has 0 aromatic heterocycles. The van der Waals surface area contributed by atoms with Crippen molar-refractivity contribution < 1.29 is 79.4 Å². The molecule has 0 amide bonds. The van der Waals surface area contributed by atoms with Crippen LogP contribution in [0.5, 0.6) is 0 Å². The molecule has 0 saturated carbocycles. The maximum atomic E-state index is 13.8. The molecule has 214 valence electrons. The van der Waals surface area contributed by atoms with Crippen LogP contribution in [0.4, 0.5) is 74.6 Å². The van der Waals surface area contributed by atoms with Gasteiger partial charge in [0.1, 0.15) is 0 Å². The first-order valence-electron chi connectivity index (χ1n) is 8.76. The summed E-state index contributed by atoms with van der Waals surface area (Å²) in [6.07, 6.45) is -10.0. The summed E-state index contributed by atoms with van der Waals surface area (Å²) in [4.78, 5) is 10.5. The van der Waals surface area contributed by atoms with Crippen LogP contribution in [-0.4, -0.2) is 59.7 Å². The van der Waals surface area contributed by atoms with E-state index in [1.165, 1.54) is 0 Å². The molecule has 20 heteroatoms. The molecule has 0 aliphatic carbocycles. The first-order chi connectivity index (χ1) is 16.2. The first-order valence-corrected chi connectivity index (χ1v) is 10.5. The van der Waals surface area contributed by atoms with Crippen LogP contribution in [0.25, 0.3) is 0 Å². The van der Waals surface area contributed by atoms with Crippen molar-refractivity contribution in [3.8, 4) is 0 Å². The van der Waals surface area contributed by atoms with Crippen molar-refractivity contribution in [1.82, 2.24) is 0 Å². The quantitative estimate of drug-likeness (QED) is 0.134. The van der Waals surface area contributed by atoms with Crippen LogP contribution in [0.3, 0.4) is 0 Å². The van der Waals surface area contributed by atoms with Crippen LogP contribution in [0.2, 0.25) is 0 Å². The van der Waals surface area contributed by atoms with Crippen LogP contribution < -0.4 is 0 Å². The molecule has 0 saturated heterocycles. The van der Waals surface area contributed by atoms with Gasteiger partial charge in [-0.15, -0.1) is 11.8 Å². The molecule has 0 unspecified atom stereocenters. The van der Waals surface area contributed by atoms with Gasteiger partial charge in [-0.3, -0.25) is 4.79 Å². The highest BCUT2D eigenvalue weighted by Crippen LogP contribution is 2.64. The van der Waals surface area contributed by atoms with E-state index in [1.54, 1.807) is 0 Å². The topological polar surface area (TPSA) is 17.1 Å². The summed E-state index contributed by atoms with van der Waals surface area (Å²) < 4.78 is 225. The van der Waals surface area contributed by atoms with Crippen molar-refractivity contribution in [2.24, 2.45) is 0 Å². The number of carbonyl (C=O) groups excluding carboxylic acids is 1. The van der Waals surface area contributed by atoms with E-state index in [1.807, 2.05) is 0 Å². The Morgan fingerprint density at radius 2 is 1.05 bits per heavy atom. The van der Waals surface area contributed by atoms with Gasteiger partial charge < -0.3 is 0 Å². The summed E-state index contributed by atoms with van der Waals surface area (Å²) in [6.45, 7) is 0. The molecule has 0 aliphatic heterocycles. The molecule has 1 rings (SSSR count). The maximum absolute atomic E-state index is 13.8. The summed E-state index contributed by atoms with van der Waals surface area (Å²) >= 11 is 2.97. The lowest BCUT2D eigenvalue weighted by molar-refractivity contribution is -0.461. The van der Waals surface area contributed by atoms with Gasteiger partial charge in [-0.25, -0.2) is 0 Å². The van der Waals surface area contributed by atoms with E-state index in [4.69, 9.17) is 0 Å². The van der Waals surface area contributed by atoms with Crippen molar-refractivity contribution in [2.75, 3.05) is 5.75 Å². The van der Waals surface area contributed by atoms with Gasteiger partial charge in [0, 0.05) is 27.1 Å². The van der Waals surface area contributed by atoms with E-state index in [9.17, 15) is 79.4 Å². The lowest BCUT2D eigenvalue weighted by Crippen LogP contribution is -2.74. The second-order valence-electron chi connectivity index (χ2n) is 7.05. The van der Waals surface area contributed by atoms with E-state index in [0.29, 0.717) is 6.29 Å². The van der Waals surface area contributed by atoms with Gasteiger partial charge in [0.2, 0.25) is 0 Å². The van der Waals surface area contributed by atoms with Gasteiger partial charge in [0.25, 0.3) is 0 Å². The molecule has 0 radical (unpaired) electrons. The van der Waals surface area contributed by atoms with Crippen molar-refractivity contribution >= 4 is 34.0 Å². The number of aldehydes is 1. The molecular weight excluding hydrogens is 655 g/mol. The molecular formula is C17H8BrF17OS. The summed E-state index contributed by atoms with van der Waals surface area (Å²) in [5.41, 5.74) is -0.00285. The Hall–Kier alpha value is -1.47. The van der Waals surface area contributed by atoms with E-state index >= 15 is 0 Å². The number of hydrogen-bond donors (Lipinski definition) is 0. The molecule has 0 bridgehead atoms. The third kappa shape index (κ3) is 5.24. The third-order valence-corrected chi connectivity index (χ3v) is 6.25. The molecule has 37 heavy (non-hydrogen) atoms. The van der Waals surface area contributed by atoms with Crippen LogP contribution in [-0.2, 0) is 0 Å². The number of alkyl halides is 17. The predicted octanol–water partition coefficient (Wildman–Crippen LogP) is 8.75. The lowest BCUT2D eigenvalue weighted by Gasteiger charge is -2.42. The summed E-state index contributed by atoms with van der Waals surface area (Å²) in [7, 11) is 0. The average Bonchev–Trinajstić information content (AvgIpc) is 2.72. The van der Waals surface area contributed by atoms with Crippen molar-refractivity contribution in [2.45, 2.75) is 59.0 Å². The van der Waals surface area contributed by atoms with E-state index in [2.05, 4.69) is 15.9 Å². The van der Waals surface area contributed by atoms with Crippen molar-refractivity contribution in [3.05, 3.63) is 28.2 Å². The Bertz CT molecular complexity index is 989. The zero-order chi connectivity index (χ0) is 29.7. The number of thioether (sulfide) groups is 1. The van der Waals surface area contributed by atoms with Crippen molar-refractivity contribution in [3.63, 3.8) is 0 Å². The Kier molecular flexibility index (Phi) is 9.00. The Labute approximate surface area is 206 Å². The Morgan fingerprint density at radius 3 is 1.43 bits per heavy atom. The van der Waals surface area contributed by atoms with Crippen LogP contribution >= 0.6 is 27.7 Å². The minimum absolute atomic E-state index is 0.00285. The highest BCUT2D eigenvalue weighted by atomic mass is 79.9. The molecule has 1 nitrogen and oxygen atoms in total. The summed E-state index contributed by atoms with van der Waals surface area (Å²) in [5, 5.41) is 0. The normalized spacial score (nSPS) is 15.2. The number of carbonyl (C=O) groups is 1. The Morgan fingerprint density at radius 1 is 0.649 bits per heavy atom. The molecule has 0 fully saturated rings. The predicted molar refractivity (Wildman–Crippen MR) is 95.6 cm³/mol. The molecule has 0 aliphatic rings. The molecule has 0 spiro atoms. The van der Waals surface area contributed by atoms with E-state index in [0.717, 1.165) is 18.2 Å². The molecule has 0 atom stereocenters. The fourth-order valence-electron chi connectivity index (χ4n) is 2.34.